The Hall–Kier alpha value is -1.90. The normalized spacial score (nSPS) is 11.8. The molecular weight excluding hydrogens is 607 g/mol. The fourth-order valence-corrected chi connectivity index (χ4v) is 5.08. The van der Waals surface area contributed by atoms with Crippen LogP contribution in [0.4, 0.5) is 19.0 Å². The molecule has 0 aliphatic rings. The van der Waals surface area contributed by atoms with E-state index in [1.165, 1.54) is 22.8 Å². The number of rotatable bonds is 11. The molecule has 0 N–H and O–H groups in total. The van der Waals surface area contributed by atoms with E-state index in [-0.39, 0.29) is 17.0 Å². The highest BCUT2D eigenvalue weighted by Crippen LogP contribution is 2.30. The van der Waals surface area contributed by atoms with Gasteiger partial charge in [0.25, 0.3) is 0 Å². The van der Waals surface area contributed by atoms with Crippen molar-refractivity contribution in [1.82, 2.24) is 4.98 Å². The molecule has 2 aromatic carbocycles. The lowest BCUT2D eigenvalue weighted by Crippen LogP contribution is -3.00. The highest BCUT2D eigenvalue weighted by Gasteiger charge is 2.31. The van der Waals surface area contributed by atoms with E-state index in [4.69, 9.17) is 0 Å². The van der Waals surface area contributed by atoms with Crippen molar-refractivity contribution in [2.45, 2.75) is 53.4 Å². The van der Waals surface area contributed by atoms with Gasteiger partial charge in [0.05, 0.1) is 25.2 Å². The molecule has 0 fully saturated rings. The largest absolute Gasteiger partial charge is 1.00 e. The highest BCUT2D eigenvalue weighted by molar-refractivity contribution is 9.10. The first-order valence-electron chi connectivity index (χ1n) is 12.5. The Labute approximate surface area is 238 Å². The van der Waals surface area contributed by atoms with Crippen LogP contribution in [0.2, 0.25) is 0 Å². The van der Waals surface area contributed by atoms with Gasteiger partial charge in [-0.15, -0.1) is 0 Å². The summed E-state index contributed by atoms with van der Waals surface area (Å²) in [6.07, 6.45) is -2.55. The van der Waals surface area contributed by atoms with Crippen LogP contribution in [-0.2, 0) is 19.3 Å². The second-order valence-electron chi connectivity index (χ2n) is 9.66. The molecule has 3 aromatic rings. The third-order valence-electron chi connectivity index (χ3n) is 6.89. The topological polar surface area (TPSA) is 16.1 Å². The second kappa shape index (κ2) is 13.8. The summed E-state index contributed by atoms with van der Waals surface area (Å²) in [6, 6.07) is 17.4. The van der Waals surface area contributed by atoms with Crippen LogP contribution in [-0.4, -0.2) is 35.6 Å². The molecule has 8 heteroatoms. The highest BCUT2D eigenvalue weighted by atomic mass is 79.9. The van der Waals surface area contributed by atoms with Gasteiger partial charge in [0, 0.05) is 35.7 Å². The number of quaternary nitrogens is 1. The number of benzene rings is 2. The maximum Gasteiger partial charge on any atom is 0.417 e. The van der Waals surface area contributed by atoms with Gasteiger partial charge in [-0.25, -0.2) is 4.98 Å². The zero-order valence-electron chi connectivity index (χ0n) is 22.0. The molecule has 0 unspecified atom stereocenters. The van der Waals surface area contributed by atoms with Crippen molar-refractivity contribution in [3.8, 4) is 0 Å². The molecule has 0 saturated carbocycles. The van der Waals surface area contributed by atoms with Crippen molar-refractivity contribution in [1.29, 1.82) is 0 Å². The van der Waals surface area contributed by atoms with E-state index in [0.29, 0.717) is 18.9 Å². The molecule has 202 valence electrons. The van der Waals surface area contributed by atoms with E-state index in [0.717, 1.165) is 59.4 Å². The third-order valence-corrected chi connectivity index (χ3v) is 7.42. The van der Waals surface area contributed by atoms with E-state index < -0.39 is 11.7 Å². The summed E-state index contributed by atoms with van der Waals surface area (Å²) in [5, 5.41) is 0. The number of halogens is 5. The minimum atomic E-state index is -4.39. The molecule has 0 saturated heterocycles. The van der Waals surface area contributed by atoms with Gasteiger partial charge in [-0.05, 0) is 57.5 Å². The molecule has 3 rings (SSSR count). The second-order valence-corrected chi connectivity index (χ2v) is 10.6. The molecule has 0 aliphatic heterocycles. The first-order chi connectivity index (χ1) is 17.0. The number of pyridine rings is 1. The van der Waals surface area contributed by atoms with E-state index in [2.05, 4.69) is 71.7 Å². The first-order valence-corrected chi connectivity index (χ1v) is 13.3. The van der Waals surface area contributed by atoms with Crippen molar-refractivity contribution in [3.63, 3.8) is 0 Å². The van der Waals surface area contributed by atoms with E-state index in [1.54, 1.807) is 0 Å². The van der Waals surface area contributed by atoms with Crippen LogP contribution < -0.4 is 21.9 Å². The summed E-state index contributed by atoms with van der Waals surface area (Å²) in [4.78, 5) is 6.28. The molecule has 37 heavy (non-hydrogen) atoms. The Morgan fingerprint density at radius 2 is 1.51 bits per heavy atom. The molecule has 3 nitrogen and oxygen atoms in total. The van der Waals surface area contributed by atoms with Crippen LogP contribution in [0.3, 0.4) is 0 Å². The molecule has 0 atom stereocenters. The minimum absolute atomic E-state index is 0. The number of hydrogen-bond donors (Lipinski definition) is 0. The molecule has 0 aliphatic carbocycles. The van der Waals surface area contributed by atoms with E-state index >= 15 is 0 Å². The van der Waals surface area contributed by atoms with Gasteiger partial charge in [0.1, 0.15) is 12.4 Å². The lowest BCUT2D eigenvalue weighted by Gasteiger charge is -2.38. The number of hydrogen-bond acceptors (Lipinski definition) is 2. The average molecular weight is 643 g/mol. The Bertz CT molecular complexity index is 1090. The summed E-state index contributed by atoms with van der Waals surface area (Å²) in [6.45, 7) is 14.1. The first kappa shape index (κ1) is 31.3. The smallest absolute Gasteiger partial charge is 0.417 e. The predicted octanol–water partition coefficient (Wildman–Crippen LogP) is 4.94. The summed E-state index contributed by atoms with van der Waals surface area (Å²) in [7, 11) is 0. The van der Waals surface area contributed by atoms with Crippen LogP contribution in [0.1, 0.15) is 48.1 Å². The van der Waals surface area contributed by atoms with Crippen molar-refractivity contribution in [3.05, 3.63) is 93.1 Å². The van der Waals surface area contributed by atoms with Gasteiger partial charge in [-0.3, -0.25) is 0 Å². The number of aryl methyl sites for hydroxylation is 2. The Kier molecular flexibility index (Phi) is 11.7. The van der Waals surface area contributed by atoms with E-state index in [1.807, 2.05) is 24.3 Å². The summed E-state index contributed by atoms with van der Waals surface area (Å²) in [5.74, 6) is 0.561. The van der Waals surface area contributed by atoms with Gasteiger partial charge in [0.2, 0.25) is 0 Å². The number of nitrogens with zero attached hydrogens (tertiary/aromatic N) is 3. The molecule has 1 heterocycles. The van der Waals surface area contributed by atoms with Crippen molar-refractivity contribution in [2.75, 3.05) is 31.1 Å². The Balaban J connectivity index is 0.00000481. The van der Waals surface area contributed by atoms with Crippen molar-refractivity contribution in [2.24, 2.45) is 0 Å². The van der Waals surface area contributed by atoms with Gasteiger partial charge < -0.3 is 26.4 Å². The summed E-state index contributed by atoms with van der Waals surface area (Å²) >= 11 is 3.46. The zero-order valence-corrected chi connectivity index (χ0v) is 25.1. The lowest BCUT2D eigenvalue weighted by atomic mass is 10.1. The fourth-order valence-electron chi connectivity index (χ4n) is 4.81. The lowest BCUT2D eigenvalue weighted by molar-refractivity contribution is -0.937. The van der Waals surface area contributed by atoms with E-state index in [9.17, 15) is 13.2 Å². The van der Waals surface area contributed by atoms with Crippen LogP contribution >= 0.6 is 15.9 Å². The Morgan fingerprint density at radius 1 is 0.892 bits per heavy atom. The minimum Gasteiger partial charge on any atom is -1.00 e. The van der Waals surface area contributed by atoms with Crippen LogP contribution in [0.5, 0.6) is 0 Å². The average Bonchev–Trinajstić information content (AvgIpc) is 2.83. The number of aromatic nitrogens is 1. The number of anilines is 1. The molecule has 1 aromatic heterocycles. The third kappa shape index (κ3) is 9.11. The van der Waals surface area contributed by atoms with Crippen LogP contribution in [0, 0.1) is 13.8 Å². The maximum atomic E-state index is 13.1. The predicted molar refractivity (Wildman–Crippen MR) is 145 cm³/mol. The molecule has 0 bridgehead atoms. The van der Waals surface area contributed by atoms with Gasteiger partial charge in [0.15, 0.2) is 0 Å². The fraction of sp³-hybridized carbons (Fsp3) is 0.414. The van der Waals surface area contributed by atoms with Crippen molar-refractivity contribution >= 4 is 21.7 Å². The monoisotopic (exact) mass is 641 g/mol. The van der Waals surface area contributed by atoms with Crippen LogP contribution in [0.25, 0.3) is 0 Å². The van der Waals surface area contributed by atoms with Gasteiger partial charge in [-0.2, -0.15) is 13.2 Å². The Morgan fingerprint density at radius 3 is 2.03 bits per heavy atom. The summed E-state index contributed by atoms with van der Waals surface area (Å²) in [5.41, 5.74) is 4.28. The van der Waals surface area contributed by atoms with Crippen molar-refractivity contribution < 1.29 is 34.6 Å². The van der Waals surface area contributed by atoms with Crippen LogP contribution in [0.15, 0.2) is 65.3 Å². The summed E-state index contributed by atoms with van der Waals surface area (Å²) < 4.78 is 41.2. The zero-order chi connectivity index (χ0) is 26.3. The molecular formula is C29H36Br2F3N3. The van der Waals surface area contributed by atoms with Gasteiger partial charge in [-0.1, -0.05) is 57.4 Å². The molecule has 0 radical (unpaired) electrons. The maximum absolute atomic E-state index is 13.1. The number of alkyl halides is 3. The molecule has 0 spiro atoms. The SMILES string of the molecule is CC[N+](CC)(CCCN(Cc1ccc(Br)cc1)c1ccc(C(F)(F)F)cn1)Cc1cc(C)cc(C)c1.[Br-]. The molecule has 0 amide bonds. The standard InChI is InChI=1S/C29H36BrF3N3.BrH/c1-5-36(6-2,21-25-17-22(3)16-23(4)18-25)15-7-14-35(20-24-8-11-27(30)12-9-24)28-13-10-26(19-34-28)29(31,32)33;/h8-13,16-19H,5-7,14-15,20-21H2,1-4H3;1H/q+1;/p-1. The quantitative estimate of drug-likeness (QED) is 0.276. The van der Waals surface area contributed by atoms with Gasteiger partial charge >= 0.3 is 6.18 Å².